The molecule has 0 spiro atoms. The fourth-order valence-corrected chi connectivity index (χ4v) is 2.24. The van der Waals surface area contributed by atoms with Crippen LogP contribution in [0.15, 0.2) is 18.2 Å². The Kier molecular flexibility index (Phi) is 3.11. The lowest BCUT2D eigenvalue weighted by atomic mass is 10.1. The Balaban J connectivity index is 2.57. The molecule has 1 aromatic carbocycles. The number of phenolic OH excluding ortho intramolecular Hbond substituents is 1. The first-order valence-electron chi connectivity index (χ1n) is 5.58. The normalized spacial score (nSPS) is 10.8. The quantitative estimate of drug-likeness (QED) is 0.887. The molecule has 0 aliphatic heterocycles. The summed E-state index contributed by atoms with van der Waals surface area (Å²) in [6.07, 6.45) is 0.962. The van der Waals surface area contributed by atoms with Gasteiger partial charge in [-0.1, -0.05) is 18.5 Å². The Labute approximate surface area is 106 Å². The van der Waals surface area contributed by atoms with Crippen LogP contribution in [0.1, 0.15) is 23.9 Å². The van der Waals surface area contributed by atoms with Gasteiger partial charge in [-0.25, -0.2) is 4.68 Å². The van der Waals surface area contributed by atoms with E-state index in [0.717, 1.165) is 23.5 Å². The Morgan fingerprint density at radius 1 is 1.35 bits per heavy atom. The molecule has 0 saturated carbocycles. The van der Waals surface area contributed by atoms with Crippen LogP contribution in [0, 0.1) is 13.8 Å². The van der Waals surface area contributed by atoms with E-state index < -0.39 is 0 Å². The maximum absolute atomic E-state index is 9.40. The van der Waals surface area contributed by atoms with Crippen LogP contribution in [-0.4, -0.2) is 14.9 Å². The molecule has 2 aromatic rings. The highest BCUT2D eigenvalue weighted by atomic mass is 35.5. The summed E-state index contributed by atoms with van der Waals surface area (Å²) < 4.78 is 1.86. The summed E-state index contributed by atoms with van der Waals surface area (Å²) >= 11 is 5.91. The van der Waals surface area contributed by atoms with E-state index in [1.807, 2.05) is 18.5 Å². The number of aromatic hydroxyl groups is 1. The van der Waals surface area contributed by atoms with E-state index in [-0.39, 0.29) is 5.75 Å². The second-order valence-electron chi connectivity index (χ2n) is 4.05. The van der Waals surface area contributed by atoms with Crippen molar-refractivity contribution in [3.05, 3.63) is 40.2 Å². The van der Waals surface area contributed by atoms with Crippen molar-refractivity contribution in [3.63, 3.8) is 0 Å². The summed E-state index contributed by atoms with van der Waals surface area (Å²) in [6, 6.07) is 5.11. The van der Waals surface area contributed by atoms with Gasteiger partial charge in [0.05, 0.1) is 16.4 Å². The van der Waals surface area contributed by atoms with Crippen LogP contribution in [0.25, 0.3) is 5.69 Å². The number of aromatic nitrogens is 2. The van der Waals surface area contributed by atoms with Crippen molar-refractivity contribution in [1.82, 2.24) is 9.78 Å². The zero-order chi connectivity index (χ0) is 12.6. The highest BCUT2D eigenvalue weighted by molar-refractivity contribution is 6.32. The molecule has 1 N–H and O–H groups in total. The van der Waals surface area contributed by atoms with Gasteiger partial charge in [-0.3, -0.25) is 0 Å². The van der Waals surface area contributed by atoms with E-state index in [1.165, 1.54) is 5.56 Å². The van der Waals surface area contributed by atoms with E-state index in [4.69, 9.17) is 11.6 Å². The molecule has 2 rings (SSSR count). The Morgan fingerprint density at radius 3 is 2.59 bits per heavy atom. The highest BCUT2D eigenvalue weighted by Gasteiger charge is 2.11. The van der Waals surface area contributed by atoms with Crippen LogP contribution < -0.4 is 0 Å². The minimum Gasteiger partial charge on any atom is -0.506 e. The van der Waals surface area contributed by atoms with Crippen molar-refractivity contribution in [2.75, 3.05) is 0 Å². The lowest BCUT2D eigenvalue weighted by molar-refractivity contribution is 0.475. The minimum atomic E-state index is 0.0904. The van der Waals surface area contributed by atoms with Gasteiger partial charge in [0.25, 0.3) is 0 Å². The lowest BCUT2D eigenvalue weighted by Gasteiger charge is -2.06. The molecular weight excluding hydrogens is 236 g/mol. The lowest BCUT2D eigenvalue weighted by Crippen LogP contribution is -1.99. The van der Waals surface area contributed by atoms with Crippen molar-refractivity contribution in [1.29, 1.82) is 0 Å². The SMILES string of the molecule is CCc1c(C)nn(-c2ccc(O)c(Cl)c2)c1C. The predicted octanol–water partition coefficient (Wildman–Crippen LogP) is 3.41. The average Bonchev–Trinajstić information content (AvgIpc) is 2.58. The third-order valence-corrected chi connectivity index (χ3v) is 3.27. The number of rotatable bonds is 2. The van der Waals surface area contributed by atoms with E-state index in [9.17, 15) is 5.11 Å². The summed E-state index contributed by atoms with van der Waals surface area (Å²) in [5, 5.41) is 14.2. The zero-order valence-corrected chi connectivity index (χ0v) is 10.9. The van der Waals surface area contributed by atoms with Gasteiger partial charge in [-0.05, 0) is 44.0 Å². The van der Waals surface area contributed by atoms with E-state index >= 15 is 0 Å². The molecule has 0 fully saturated rings. The summed E-state index contributed by atoms with van der Waals surface area (Å²) in [4.78, 5) is 0. The highest BCUT2D eigenvalue weighted by Crippen LogP contribution is 2.27. The van der Waals surface area contributed by atoms with Gasteiger partial charge in [0.1, 0.15) is 5.75 Å². The van der Waals surface area contributed by atoms with Crippen molar-refractivity contribution >= 4 is 11.6 Å². The Bertz CT molecular complexity index is 561. The molecule has 0 atom stereocenters. The fourth-order valence-electron chi connectivity index (χ4n) is 2.07. The molecule has 0 aliphatic carbocycles. The Morgan fingerprint density at radius 2 is 2.06 bits per heavy atom. The number of benzene rings is 1. The predicted molar refractivity (Wildman–Crippen MR) is 69.1 cm³/mol. The summed E-state index contributed by atoms with van der Waals surface area (Å²) in [6.45, 7) is 6.16. The number of phenols is 1. The van der Waals surface area contributed by atoms with Gasteiger partial charge in [0.2, 0.25) is 0 Å². The molecule has 0 unspecified atom stereocenters. The first-order valence-corrected chi connectivity index (χ1v) is 5.96. The van der Waals surface area contributed by atoms with Crippen LogP contribution in [-0.2, 0) is 6.42 Å². The van der Waals surface area contributed by atoms with Gasteiger partial charge >= 0.3 is 0 Å². The molecule has 4 heteroatoms. The molecular formula is C13H15ClN2O. The van der Waals surface area contributed by atoms with Crippen molar-refractivity contribution < 1.29 is 5.11 Å². The van der Waals surface area contributed by atoms with Gasteiger partial charge in [-0.2, -0.15) is 5.10 Å². The van der Waals surface area contributed by atoms with Crippen LogP contribution in [0.2, 0.25) is 5.02 Å². The second-order valence-corrected chi connectivity index (χ2v) is 4.46. The summed E-state index contributed by atoms with van der Waals surface area (Å²) in [5.74, 6) is 0.0904. The third-order valence-electron chi connectivity index (χ3n) is 2.97. The van der Waals surface area contributed by atoms with Gasteiger partial charge in [-0.15, -0.1) is 0 Å². The summed E-state index contributed by atoms with van der Waals surface area (Å²) in [7, 11) is 0. The average molecular weight is 251 g/mol. The summed E-state index contributed by atoms with van der Waals surface area (Å²) in [5.41, 5.74) is 4.28. The van der Waals surface area contributed by atoms with E-state index in [0.29, 0.717) is 5.02 Å². The largest absolute Gasteiger partial charge is 0.506 e. The maximum Gasteiger partial charge on any atom is 0.134 e. The van der Waals surface area contributed by atoms with Crippen LogP contribution in [0.4, 0.5) is 0 Å². The van der Waals surface area contributed by atoms with E-state index in [1.54, 1.807) is 18.2 Å². The van der Waals surface area contributed by atoms with Gasteiger partial charge in [0, 0.05) is 5.69 Å². The number of aryl methyl sites for hydroxylation is 1. The topological polar surface area (TPSA) is 38.0 Å². The number of nitrogens with zero attached hydrogens (tertiary/aromatic N) is 2. The van der Waals surface area contributed by atoms with Crippen molar-refractivity contribution in [2.45, 2.75) is 27.2 Å². The first kappa shape index (κ1) is 12.0. The fraction of sp³-hybridized carbons (Fsp3) is 0.308. The monoisotopic (exact) mass is 250 g/mol. The zero-order valence-electron chi connectivity index (χ0n) is 10.2. The van der Waals surface area contributed by atoms with Crippen LogP contribution in [0.3, 0.4) is 0 Å². The van der Waals surface area contributed by atoms with Crippen molar-refractivity contribution in [3.8, 4) is 11.4 Å². The number of halogens is 1. The molecule has 1 aromatic heterocycles. The standard InChI is InChI=1S/C13H15ClN2O/c1-4-11-8(2)15-16(9(11)3)10-5-6-13(17)12(14)7-10/h5-7,17H,4H2,1-3H3. The van der Waals surface area contributed by atoms with Crippen LogP contribution in [0.5, 0.6) is 5.75 Å². The Hall–Kier alpha value is -1.48. The van der Waals surface area contributed by atoms with Crippen molar-refractivity contribution in [2.24, 2.45) is 0 Å². The smallest absolute Gasteiger partial charge is 0.134 e. The van der Waals surface area contributed by atoms with Crippen LogP contribution >= 0.6 is 11.6 Å². The molecule has 17 heavy (non-hydrogen) atoms. The van der Waals surface area contributed by atoms with Gasteiger partial charge in [0.15, 0.2) is 0 Å². The molecule has 0 bridgehead atoms. The number of hydrogen-bond acceptors (Lipinski definition) is 2. The third kappa shape index (κ3) is 2.03. The maximum atomic E-state index is 9.40. The molecule has 0 saturated heterocycles. The molecule has 0 radical (unpaired) electrons. The minimum absolute atomic E-state index is 0.0904. The molecule has 1 heterocycles. The van der Waals surface area contributed by atoms with E-state index in [2.05, 4.69) is 12.0 Å². The number of hydrogen-bond donors (Lipinski definition) is 1. The molecule has 90 valence electrons. The molecule has 0 aliphatic rings. The van der Waals surface area contributed by atoms with Gasteiger partial charge < -0.3 is 5.11 Å². The molecule has 3 nitrogen and oxygen atoms in total. The molecule has 0 amide bonds. The first-order chi connectivity index (χ1) is 8.04. The second kappa shape index (κ2) is 4.41.